The molecule has 4 heteroatoms. The van der Waals surface area contributed by atoms with Gasteiger partial charge >= 0.3 is 0 Å². The number of ether oxygens (including phenoxy) is 1. The second-order valence-corrected chi connectivity index (χ2v) is 6.61. The van der Waals surface area contributed by atoms with Crippen LogP contribution in [0.15, 0.2) is 42.5 Å². The number of nitriles is 1. The standard InChI is InChI=1S/C20H21N3O/c21-13-15-7-8-16(12-18(15)22)24-20-17-6-2-1-5-14(17)11-19(20)23-9-3-4-10-23/h1-2,5-8,12,19-20H,3-4,9-11,22H2. The predicted octanol–water partition coefficient (Wildman–Crippen LogP) is 3.28. The molecule has 1 aliphatic heterocycles. The Morgan fingerprint density at radius 2 is 1.92 bits per heavy atom. The van der Waals surface area contributed by atoms with Crippen LogP contribution in [0.5, 0.6) is 5.75 Å². The Balaban J connectivity index is 1.65. The van der Waals surface area contributed by atoms with Gasteiger partial charge in [-0.15, -0.1) is 0 Å². The van der Waals surface area contributed by atoms with Crippen molar-refractivity contribution in [2.75, 3.05) is 18.8 Å². The number of fused-ring (bicyclic) bond motifs is 1. The van der Waals surface area contributed by atoms with Gasteiger partial charge in [-0.25, -0.2) is 0 Å². The molecule has 122 valence electrons. The molecule has 2 unspecified atom stereocenters. The van der Waals surface area contributed by atoms with E-state index in [0.717, 1.165) is 25.3 Å². The summed E-state index contributed by atoms with van der Waals surface area (Å²) in [6.45, 7) is 2.29. The Morgan fingerprint density at radius 1 is 1.12 bits per heavy atom. The molecule has 0 spiro atoms. The molecule has 0 saturated carbocycles. The Labute approximate surface area is 142 Å². The molecular weight excluding hydrogens is 298 g/mol. The van der Waals surface area contributed by atoms with Gasteiger partial charge in [0.15, 0.2) is 0 Å². The molecule has 1 saturated heterocycles. The topological polar surface area (TPSA) is 62.3 Å². The second-order valence-electron chi connectivity index (χ2n) is 6.61. The SMILES string of the molecule is N#Cc1ccc(OC2c3ccccc3CC2N2CCCC2)cc1N. The van der Waals surface area contributed by atoms with Gasteiger partial charge in [0.1, 0.15) is 17.9 Å². The summed E-state index contributed by atoms with van der Waals surface area (Å²) in [6.07, 6.45) is 3.59. The summed E-state index contributed by atoms with van der Waals surface area (Å²) in [5.41, 5.74) is 9.56. The highest BCUT2D eigenvalue weighted by Crippen LogP contribution is 2.39. The lowest BCUT2D eigenvalue weighted by Crippen LogP contribution is -2.38. The van der Waals surface area contributed by atoms with Gasteiger partial charge in [0.2, 0.25) is 0 Å². The first-order valence-corrected chi connectivity index (χ1v) is 8.54. The van der Waals surface area contributed by atoms with Gasteiger partial charge in [-0.05, 0) is 55.6 Å². The highest BCUT2D eigenvalue weighted by atomic mass is 16.5. The van der Waals surface area contributed by atoms with Crippen LogP contribution in [-0.2, 0) is 6.42 Å². The Bertz CT molecular complexity index is 790. The molecule has 4 rings (SSSR count). The quantitative estimate of drug-likeness (QED) is 0.882. The molecule has 0 bridgehead atoms. The van der Waals surface area contributed by atoms with Crippen molar-refractivity contribution in [3.05, 3.63) is 59.2 Å². The molecule has 2 N–H and O–H groups in total. The first kappa shape index (κ1) is 15.0. The first-order chi connectivity index (χ1) is 11.8. The van der Waals surface area contributed by atoms with Gasteiger partial charge in [-0.1, -0.05) is 24.3 Å². The number of anilines is 1. The van der Waals surface area contributed by atoms with Gasteiger partial charge in [0.25, 0.3) is 0 Å². The molecule has 4 nitrogen and oxygen atoms in total. The Kier molecular flexibility index (Phi) is 3.87. The summed E-state index contributed by atoms with van der Waals surface area (Å²) in [5, 5.41) is 9.03. The van der Waals surface area contributed by atoms with E-state index in [2.05, 4.69) is 35.2 Å². The zero-order valence-electron chi connectivity index (χ0n) is 13.6. The van der Waals surface area contributed by atoms with Crippen molar-refractivity contribution in [2.45, 2.75) is 31.4 Å². The number of hydrogen-bond donors (Lipinski definition) is 1. The van der Waals surface area contributed by atoms with Gasteiger partial charge in [-0.3, -0.25) is 4.90 Å². The zero-order valence-corrected chi connectivity index (χ0v) is 13.6. The van der Waals surface area contributed by atoms with E-state index < -0.39 is 0 Å². The van der Waals surface area contributed by atoms with Crippen LogP contribution in [0.3, 0.4) is 0 Å². The van der Waals surface area contributed by atoms with Crippen LogP contribution in [0.1, 0.15) is 35.6 Å². The van der Waals surface area contributed by atoms with Gasteiger partial charge in [-0.2, -0.15) is 5.26 Å². The van der Waals surface area contributed by atoms with Crippen molar-refractivity contribution in [3.63, 3.8) is 0 Å². The molecule has 0 radical (unpaired) electrons. The van der Waals surface area contributed by atoms with Crippen molar-refractivity contribution in [2.24, 2.45) is 0 Å². The Morgan fingerprint density at radius 3 is 2.67 bits per heavy atom. The number of rotatable bonds is 3. The van der Waals surface area contributed by atoms with Crippen LogP contribution >= 0.6 is 0 Å². The number of nitrogens with two attached hydrogens (primary N) is 1. The fourth-order valence-electron chi connectivity index (χ4n) is 3.94. The van der Waals surface area contributed by atoms with E-state index in [0.29, 0.717) is 17.3 Å². The minimum absolute atomic E-state index is 0.0200. The van der Waals surface area contributed by atoms with E-state index >= 15 is 0 Å². The third kappa shape index (κ3) is 2.61. The van der Waals surface area contributed by atoms with Crippen molar-refractivity contribution in [1.82, 2.24) is 4.90 Å². The molecule has 1 aliphatic carbocycles. The van der Waals surface area contributed by atoms with E-state index in [-0.39, 0.29) is 6.10 Å². The van der Waals surface area contributed by atoms with Gasteiger partial charge in [0, 0.05) is 6.07 Å². The summed E-state index contributed by atoms with van der Waals surface area (Å²) in [6, 6.07) is 16.4. The van der Waals surface area contributed by atoms with Crippen LogP contribution in [0.4, 0.5) is 5.69 Å². The van der Waals surface area contributed by atoms with E-state index in [1.807, 2.05) is 6.07 Å². The number of nitrogen functional groups attached to an aromatic ring is 1. The lowest BCUT2D eigenvalue weighted by molar-refractivity contribution is 0.0941. The number of nitrogens with zero attached hydrogens (tertiary/aromatic N) is 2. The van der Waals surface area contributed by atoms with Gasteiger partial charge in [0.05, 0.1) is 17.3 Å². The van der Waals surface area contributed by atoms with Crippen LogP contribution in [0, 0.1) is 11.3 Å². The monoisotopic (exact) mass is 319 g/mol. The molecule has 1 heterocycles. The van der Waals surface area contributed by atoms with Crippen LogP contribution in [0.25, 0.3) is 0 Å². The normalized spacial score (nSPS) is 23.0. The maximum Gasteiger partial charge on any atom is 0.140 e. The average molecular weight is 319 g/mol. The molecule has 0 amide bonds. The first-order valence-electron chi connectivity index (χ1n) is 8.54. The van der Waals surface area contributed by atoms with Crippen LogP contribution in [-0.4, -0.2) is 24.0 Å². The molecule has 2 aromatic rings. The van der Waals surface area contributed by atoms with Crippen molar-refractivity contribution in [3.8, 4) is 11.8 Å². The lowest BCUT2D eigenvalue weighted by atomic mass is 10.1. The number of hydrogen-bond acceptors (Lipinski definition) is 4. The Hall–Kier alpha value is -2.51. The molecule has 1 fully saturated rings. The summed E-state index contributed by atoms with van der Waals surface area (Å²) in [4.78, 5) is 2.55. The second kappa shape index (κ2) is 6.18. The van der Waals surface area contributed by atoms with Crippen molar-refractivity contribution >= 4 is 5.69 Å². The summed E-state index contributed by atoms with van der Waals surface area (Å²) >= 11 is 0. The molecule has 2 atom stereocenters. The largest absolute Gasteiger partial charge is 0.484 e. The maximum atomic E-state index is 9.03. The minimum Gasteiger partial charge on any atom is -0.484 e. The molecule has 0 aromatic heterocycles. The zero-order chi connectivity index (χ0) is 16.5. The van der Waals surface area contributed by atoms with Crippen molar-refractivity contribution in [1.29, 1.82) is 5.26 Å². The number of likely N-dealkylation sites (tertiary alicyclic amines) is 1. The lowest BCUT2D eigenvalue weighted by Gasteiger charge is -2.30. The molecular formula is C20H21N3O. The maximum absolute atomic E-state index is 9.03. The summed E-state index contributed by atoms with van der Waals surface area (Å²) < 4.78 is 6.38. The fraction of sp³-hybridized carbons (Fsp3) is 0.350. The van der Waals surface area contributed by atoms with E-state index in [4.69, 9.17) is 15.7 Å². The molecule has 2 aliphatic rings. The molecule has 2 aromatic carbocycles. The minimum atomic E-state index is 0.0200. The van der Waals surface area contributed by atoms with Crippen LogP contribution in [0.2, 0.25) is 0 Å². The van der Waals surface area contributed by atoms with Gasteiger partial charge < -0.3 is 10.5 Å². The molecule has 24 heavy (non-hydrogen) atoms. The third-order valence-corrected chi connectivity index (χ3v) is 5.16. The van der Waals surface area contributed by atoms with E-state index in [9.17, 15) is 0 Å². The summed E-state index contributed by atoms with van der Waals surface area (Å²) in [7, 11) is 0. The van der Waals surface area contributed by atoms with Crippen molar-refractivity contribution < 1.29 is 4.74 Å². The highest BCUT2D eigenvalue weighted by molar-refractivity contribution is 5.57. The van der Waals surface area contributed by atoms with E-state index in [1.54, 1.807) is 12.1 Å². The van der Waals surface area contributed by atoms with Crippen LogP contribution < -0.4 is 10.5 Å². The summed E-state index contributed by atoms with van der Waals surface area (Å²) in [5.74, 6) is 0.734. The highest BCUT2D eigenvalue weighted by Gasteiger charge is 2.38. The number of benzene rings is 2. The predicted molar refractivity (Wildman–Crippen MR) is 93.7 cm³/mol. The smallest absolute Gasteiger partial charge is 0.140 e. The van der Waals surface area contributed by atoms with E-state index in [1.165, 1.54) is 24.0 Å². The third-order valence-electron chi connectivity index (χ3n) is 5.16. The fourth-order valence-corrected chi connectivity index (χ4v) is 3.94. The average Bonchev–Trinajstić information content (AvgIpc) is 3.23.